The van der Waals surface area contributed by atoms with Gasteiger partial charge in [-0.3, -0.25) is 9.80 Å². The zero-order chi connectivity index (χ0) is 27.8. The first kappa shape index (κ1) is 28.3. The highest BCUT2D eigenvalue weighted by atomic mass is 79.9. The van der Waals surface area contributed by atoms with Gasteiger partial charge in [-0.15, -0.1) is 0 Å². The van der Waals surface area contributed by atoms with Crippen molar-refractivity contribution in [2.24, 2.45) is 16.9 Å². The van der Waals surface area contributed by atoms with Crippen molar-refractivity contribution in [1.29, 1.82) is 0 Å². The van der Waals surface area contributed by atoms with Crippen molar-refractivity contribution in [3.8, 4) is 11.6 Å². The van der Waals surface area contributed by atoms with Crippen molar-refractivity contribution in [3.63, 3.8) is 0 Å². The molecule has 0 unspecified atom stereocenters. The first-order valence-electron chi connectivity index (χ1n) is 12.0. The van der Waals surface area contributed by atoms with Crippen LogP contribution in [0.15, 0.2) is 40.0 Å². The van der Waals surface area contributed by atoms with E-state index < -0.39 is 36.2 Å². The smallest absolute Gasteiger partial charge is 0.431 e. The summed E-state index contributed by atoms with van der Waals surface area (Å²) in [6, 6.07) is 5.68. The maximum absolute atomic E-state index is 13.5. The lowest BCUT2D eigenvalue weighted by molar-refractivity contribution is -0.137. The van der Waals surface area contributed by atoms with E-state index in [-0.39, 0.29) is 12.0 Å². The van der Waals surface area contributed by atoms with E-state index in [9.17, 15) is 23.1 Å². The summed E-state index contributed by atoms with van der Waals surface area (Å²) in [6.07, 6.45) is -2.98. The van der Waals surface area contributed by atoms with Crippen LogP contribution in [0, 0.1) is 11.8 Å². The molecule has 0 aliphatic carbocycles. The minimum atomic E-state index is -4.65. The summed E-state index contributed by atoms with van der Waals surface area (Å²) in [7, 11) is 1.55. The molecule has 206 valence electrons. The molecule has 1 aromatic carbocycles. The summed E-state index contributed by atoms with van der Waals surface area (Å²) >= 11 is 9.83. The van der Waals surface area contributed by atoms with Crippen LogP contribution in [0.25, 0.3) is 0 Å². The van der Waals surface area contributed by atoms with Crippen molar-refractivity contribution in [2.45, 2.75) is 45.0 Å². The molecule has 1 fully saturated rings. The van der Waals surface area contributed by atoms with Crippen molar-refractivity contribution >= 4 is 50.6 Å². The molecular weight excluding hydrogens is 593 g/mol. The Labute approximate surface area is 231 Å². The fourth-order valence-corrected chi connectivity index (χ4v) is 5.54. The lowest BCUT2D eigenvalue weighted by atomic mass is 9.94. The monoisotopic (exact) mass is 618 g/mol. The summed E-state index contributed by atoms with van der Waals surface area (Å²) < 4.78 is 52.5. The van der Waals surface area contributed by atoms with E-state index in [1.165, 1.54) is 6.92 Å². The number of rotatable bonds is 7. The second kappa shape index (κ2) is 11.2. The molecule has 13 heteroatoms. The normalized spacial score (nSPS) is 23.8. The number of methoxy groups -OCH3 is 1. The first-order valence-corrected chi connectivity index (χ1v) is 13.1. The van der Waals surface area contributed by atoms with Gasteiger partial charge in [0.2, 0.25) is 5.88 Å². The van der Waals surface area contributed by atoms with Gasteiger partial charge in [-0.1, -0.05) is 25.4 Å². The van der Waals surface area contributed by atoms with E-state index in [0.29, 0.717) is 46.3 Å². The minimum absolute atomic E-state index is 0.114. The highest BCUT2D eigenvalue weighted by Gasteiger charge is 2.48. The average Bonchev–Trinajstić information content (AvgIpc) is 3.17. The molecule has 2 aromatic rings. The molecule has 2 aliphatic heterocycles. The molecule has 2 aliphatic rings. The Balaban J connectivity index is 1.49. The third kappa shape index (κ3) is 5.96. The van der Waals surface area contributed by atoms with Gasteiger partial charge < -0.3 is 19.5 Å². The second-order valence-electron chi connectivity index (χ2n) is 9.44. The summed E-state index contributed by atoms with van der Waals surface area (Å²) in [5.41, 5.74) is 0.183. The van der Waals surface area contributed by atoms with E-state index in [0.717, 1.165) is 10.7 Å². The van der Waals surface area contributed by atoms with E-state index in [1.807, 2.05) is 0 Å². The molecule has 1 N–H and O–H groups in total. The Kier molecular flexibility index (Phi) is 8.32. The number of carboxylic acid groups (broad SMARTS) is 1. The molecule has 8 nitrogen and oxygen atoms in total. The number of hydrogen-bond acceptors (Lipinski definition) is 7. The van der Waals surface area contributed by atoms with Crippen LogP contribution in [0.1, 0.15) is 26.7 Å². The maximum atomic E-state index is 13.5. The van der Waals surface area contributed by atoms with Crippen LogP contribution in [0.3, 0.4) is 0 Å². The fraction of sp³-hybridized carbons (Fsp3) is 0.480. The molecule has 4 rings (SSSR count). The third-order valence-electron chi connectivity index (χ3n) is 6.86. The summed E-state index contributed by atoms with van der Waals surface area (Å²) in [6.45, 7) is 4.79. The number of pyridine rings is 1. The van der Waals surface area contributed by atoms with Gasteiger partial charge in [-0.2, -0.15) is 18.3 Å². The Morgan fingerprint density at radius 3 is 2.63 bits per heavy atom. The number of hydrazone groups is 1. The number of ether oxygens (including phenoxy) is 2. The van der Waals surface area contributed by atoms with Crippen LogP contribution in [-0.4, -0.2) is 60.3 Å². The lowest BCUT2D eigenvalue weighted by Crippen LogP contribution is -2.44. The van der Waals surface area contributed by atoms with Crippen LogP contribution in [0.2, 0.25) is 5.02 Å². The molecule has 0 bridgehead atoms. The summed E-state index contributed by atoms with van der Waals surface area (Å²) in [5, 5.41) is 14.7. The molecule has 0 radical (unpaired) electrons. The number of carboxylic acids is 1. The van der Waals surface area contributed by atoms with Gasteiger partial charge >= 0.3 is 12.1 Å². The van der Waals surface area contributed by atoms with Gasteiger partial charge in [0.25, 0.3) is 0 Å². The number of piperidine rings is 1. The first-order chi connectivity index (χ1) is 17.9. The molecule has 3 heterocycles. The summed E-state index contributed by atoms with van der Waals surface area (Å²) in [4.78, 5) is 17.6. The van der Waals surface area contributed by atoms with Gasteiger partial charge in [0.15, 0.2) is 0 Å². The van der Waals surface area contributed by atoms with Gasteiger partial charge in [-0.05, 0) is 34.1 Å². The van der Waals surface area contributed by atoms with Gasteiger partial charge in [0.1, 0.15) is 17.6 Å². The predicted molar refractivity (Wildman–Crippen MR) is 142 cm³/mol. The fourth-order valence-electron chi connectivity index (χ4n) is 4.85. The number of nitrogens with zero attached hydrogens (tertiary/aromatic N) is 4. The number of benzene rings is 1. The minimum Gasteiger partial charge on any atom is -0.489 e. The van der Waals surface area contributed by atoms with Crippen molar-refractivity contribution < 1.29 is 32.5 Å². The number of aromatic nitrogens is 1. The molecule has 0 amide bonds. The molecule has 1 aromatic heterocycles. The Morgan fingerprint density at radius 1 is 1.29 bits per heavy atom. The van der Waals surface area contributed by atoms with Crippen LogP contribution in [-0.2, 0) is 4.79 Å². The quantitative estimate of drug-likeness (QED) is 0.406. The molecule has 0 spiro atoms. The number of alkyl halides is 3. The zero-order valence-corrected chi connectivity index (χ0v) is 23.2. The number of anilines is 2. The van der Waals surface area contributed by atoms with Gasteiger partial charge in [0, 0.05) is 37.4 Å². The molecule has 38 heavy (non-hydrogen) atoms. The number of carbonyl (C=O) groups is 1. The highest BCUT2D eigenvalue weighted by molar-refractivity contribution is 9.10. The number of halogens is 5. The van der Waals surface area contributed by atoms with E-state index in [1.54, 1.807) is 37.6 Å². The topological polar surface area (TPSA) is 87.5 Å². The second-order valence-corrected chi connectivity index (χ2v) is 10.7. The van der Waals surface area contributed by atoms with Crippen LogP contribution < -0.4 is 19.4 Å². The lowest BCUT2D eigenvalue weighted by Gasteiger charge is -2.38. The molecule has 0 saturated carbocycles. The van der Waals surface area contributed by atoms with Gasteiger partial charge in [-0.25, -0.2) is 4.98 Å². The Morgan fingerprint density at radius 2 is 2.03 bits per heavy atom. The SMILES string of the molecule is COc1cc(N2CC[C@@H](Oc3ccc(N4N=C(C(F)(F)F)[C@@H](C)[C@@H]4CC(=O)O)cc3Br)[C@H](C)C2)c(Cl)cn1. The average molecular weight is 620 g/mol. The summed E-state index contributed by atoms with van der Waals surface area (Å²) in [5.74, 6) is -1.16. The van der Waals surface area contributed by atoms with Crippen LogP contribution in [0.4, 0.5) is 24.5 Å². The largest absolute Gasteiger partial charge is 0.489 e. The van der Waals surface area contributed by atoms with Crippen molar-refractivity contribution in [2.75, 3.05) is 30.1 Å². The van der Waals surface area contributed by atoms with Crippen molar-refractivity contribution in [3.05, 3.63) is 40.0 Å². The zero-order valence-electron chi connectivity index (χ0n) is 20.9. The van der Waals surface area contributed by atoms with Crippen LogP contribution >= 0.6 is 27.5 Å². The standard InChI is InChI=1S/C25H27BrClF3N4O4/c1-13-12-33(19-9-22(37-3)31-11-17(19)27)7-6-20(13)38-21-5-4-15(8-16(21)26)34-18(10-23(35)36)14(2)24(32-34)25(28,29)30/h4-5,8-9,11,13-14,18,20H,6-7,10,12H2,1-3H3,(H,35,36)/t13-,14+,18+,20-/m1/s1. The molecular formula is C25H27BrClF3N4O4. The maximum Gasteiger partial charge on any atom is 0.431 e. The van der Waals surface area contributed by atoms with E-state index in [2.05, 4.69) is 37.8 Å². The Bertz CT molecular complexity index is 1230. The third-order valence-corrected chi connectivity index (χ3v) is 7.77. The number of aliphatic carboxylic acids is 1. The number of hydrogen-bond donors (Lipinski definition) is 1. The molecule has 1 saturated heterocycles. The van der Waals surface area contributed by atoms with E-state index >= 15 is 0 Å². The Hall–Kier alpha value is -2.73. The van der Waals surface area contributed by atoms with Crippen LogP contribution in [0.5, 0.6) is 11.6 Å². The van der Waals surface area contributed by atoms with Gasteiger partial charge in [0.05, 0.1) is 46.6 Å². The predicted octanol–water partition coefficient (Wildman–Crippen LogP) is 6.02. The highest BCUT2D eigenvalue weighted by Crippen LogP contribution is 2.40. The molecule has 4 atom stereocenters. The van der Waals surface area contributed by atoms with E-state index in [4.69, 9.17) is 21.1 Å². The van der Waals surface area contributed by atoms with Crippen molar-refractivity contribution in [1.82, 2.24) is 4.98 Å².